The maximum absolute atomic E-state index is 14.8. The molecule has 178 valence electrons. The van der Waals surface area contributed by atoms with E-state index in [2.05, 4.69) is 5.32 Å². The topological polar surface area (TPSA) is 63.3 Å². The second-order valence-corrected chi connectivity index (χ2v) is 8.47. The first kappa shape index (κ1) is 22.5. The normalized spacial score (nSPS) is 20.3. The van der Waals surface area contributed by atoms with Crippen LogP contribution in [0.4, 0.5) is 14.5 Å². The van der Waals surface area contributed by atoms with Gasteiger partial charge in [0.15, 0.2) is 16.6 Å². The number of anilines is 1. The summed E-state index contributed by atoms with van der Waals surface area (Å²) in [6, 6.07) is 7.88. The Morgan fingerprint density at radius 1 is 1.03 bits per heavy atom. The summed E-state index contributed by atoms with van der Waals surface area (Å²) in [5, 5.41) is 3.22. The van der Waals surface area contributed by atoms with Crippen LogP contribution in [0.25, 0.3) is 0 Å². The number of morpholine rings is 1. The second kappa shape index (κ2) is 9.19. The zero-order valence-corrected chi connectivity index (χ0v) is 19.3. The molecule has 3 aliphatic rings. The summed E-state index contributed by atoms with van der Waals surface area (Å²) >= 11 is 5.62. The third-order valence-corrected chi connectivity index (χ3v) is 6.39. The Hall–Kier alpha value is -3.24. The Bertz CT molecular complexity index is 1160. The summed E-state index contributed by atoms with van der Waals surface area (Å²) in [5.41, 5.74) is 1.08. The highest BCUT2D eigenvalue weighted by atomic mass is 32.1. The Balaban J connectivity index is 1.63. The smallest absolute Gasteiger partial charge is 0.254 e. The zero-order chi connectivity index (χ0) is 23.8. The number of carbonyl (C=O) groups excluding carboxylic acids is 1. The lowest BCUT2D eigenvalue weighted by Gasteiger charge is -2.40. The third kappa shape index (κ3) is 3.97. The lowest BCUT2D eigenvalue weighted by atomic mass is 9.92. The molecule has 0 aromatic heterocycles. The van der Waals surface area contributed by atoms with Crippen molar-refractivity contribution in [3.05, 3.63) is 64.9 Å². The number of hydrogen-bond donors (Lipinski definition) is 1. The van der Waals surface area contributed by atoms with Crippen LogP contribution in [-0.2, 0) is 9.53 Å². The first-order valence-electron chi connectivity index (χ1n) is 11.0. The molecule has 1 N–H and O–H groups in total. The number of thiocarbonyl (C=S) groups is 1. The number of halogens is 2. The van der Waals surface area contributed by atoms with E-state index in [1.807, 2.05) is 0 Å². The van der Waals surface area contributed by atoms with Gasteiger partial charge >= 0.3 is 0 Å². The second-order valence-electron chi connectivity index (χ2n) is 8.08. The molecular formula is C24H23F2N3O4S. The van der Waals surface area contributed by atoms with Gasteiger partial charge in [-0.15, -0.1) is 0 Å². The lowest BCUT2D eigenvalue weighted by Crippen LogP contribution is -2.51. The van der Waals surface area contributed by atoms with Gasteiger partial charge < -0.3 is 24.4 Å². The van der Waals surface area contributed by atoms with Gasteiger partial charge in [0.25, 0.3) is 5.91 Å². The fourth-order valence-electron chi connectivity index (χ4n) is 4.44. The maximum atomic E-state index is 14.8. The molecule has 0 spiro atoms. The Labute approximate surface area is 200 Å². The number of hydrogen-bond acceptors (Lipinski definition) is 5. The van der Waals surface area contributed by atoms with E-state index < -0.39 is 17.7 Å². The lowest BCUT2D eigenvalue weighted by molar-refractivity contribution is -0.131. The quantitative estimate of drug-likeness (QED) is 0.667. The van der Waals surface area contributed by atoms with E-state index in [0.29, 0.717) is 62.4 Å². The van der Waals surface area contributed by atoms with Crippen LogP contribution in [0.3, 0.4) is 0 Å². The van der Waals surface area contributed by atoms with Gasteiger partial charge in [0.2, 0.25) is 0 Å². The first-order valence-corrected chi connectivity index (χ1v) is 11.4. The average Bonchev–Trinajstić information content (AvgIpc) is 2.84. The monoisotopic (exact) mass is 487 g/mol. The molecule has 1 atom stereocenters. The molecule has 7 nitrogen and oxygen atoms in total. The maximum Gasteiger partial charge on any atom is 0.254 e. The van der Waals surface area contributed by atoms with Crippen molar-refractivity contribution in [3.8, 4) is 11.5 Å². The van der Waals surface area contributed by atoms with Gasteiger partial charge in [-0.25, -0.2) is 8.78 Å². The Morgan fingerprint density at radius 3 is 2.41 bits per heavy atom. The van der Waals surface area contributed by atoms with Crippen molar-refractivity contribution in [1.29, 1.82) is 0 Å². The van der Waals surface area contributed by atoms with Gasteiger partial charge in [-0.3, -0.25) is 9.69 Å². The molecule has 10 heteroatoms. The highest BCUT2D eigenvalue weighted by Crippen LogP contribution is 2.40. The van der Waals surface area contributed by atoms with Crippen molar-refractivity contribution in [2.75, 3.05) is 44.4 Å². The van der Waals surface area contributed by atoms with Gasteiger partial charge in [0.05, 0.1) is 36.1 Å². The van der Waals surface area contributed by atoms with Crippen LogP contribution in [-0.4, -0.2) is 55.4 Å². The summed E-state index contributed by atoms with van der Waals surface area (Å²) in [7, 11) is 0. The van der Waals surface area contributed by atoms with Crippen molar-refractivity contribution < 1.29 is 27.8 Å². The predicted octanol–water partition coefficient (Wildman–Crippen LogP) is 3.30. The number of fused-ring (bicyclic) bond motifs is 1. The molecule has 1 saturated heterocycles. The minimum Gasteiger partial charge on any atom is -0.486 e. The highest BCUT2D eigenvalue weighted by Gasteiger charge is 2.39. The van der Waals surface area contributed by atoms with Gasteiger partial charge in [0.1, 0.15) is 24.8 Å². The van der Waals surface area contributed by atoms with Crippen molar-refractivity contribution in [3.63, 3.8) is 0 Å². The molecule has 0 bridgehead atoms. The van der Waals surface area contributed by atoms with Gasteiger partial charge in [-0.1, -0.05) is 6.07 Å². The number of nitrogens with one attached hydrogen (secondary N) is 1. The molecule has 2 aromatic carbocycles. The number of amides is 1. The van der Waals surface area contributed by atoms with Crippen molar-refractivity contribution in [1.82, 2.24) is 10.2 Å². The standard InChI is InChI=1S/C24H23F2N3O4S/c1-14-20(23(30)28-7-9-31-10-8-28)22(21-16(25)3-2-4-17(21)26)27-24(34)29(14)15-5-6-18-19(13-15)33-12-11-32-18/h2-6,13,22H,7-12H2,1H3,(H,27,34)/t22-/m0/s1. The molecule has 3 aliphatic heterocycles. The summed E-state index contributed by atoms with van der Waals surface area (Å²) in [4.78, 5) is 17.0. The summed E-state index contributed by atoms with van der Waals surface area (Å²) in [6.45, 7) is 4.17. The van der Waals surface area contributed by atoms with Crippen LogP contribution in [0.1, 0.15) is 18.5 Å². The molecule has 0 unspecified atom stereocenters. The number of carbonyl (C=O) groups is 1. The van der Waals surface area contributed by atoms with E-state index in [9.17, 15) is 13.6 Å². The number of nitrogens with zero attached hydrogens (tertiary/aromatic N) is 2. The molecular weight excluding hydrogens is 464 g/mol. The van der Waals surface area contributed by atoms with E-state index >= 15 is 0 Å². The molecule has 1 fully saturated rings. The molecule has 0 radical (unpaired) electrons. The zero-order valence-electron chi connectivity index (χ0n) is 18.5. The average molecular weight is 488 g/mol. The number of benzene rings is 2. The van der Waals surface area contributed by atoms with E-state index in [1.165, 1.54) is 18.2 Å². The largest absolute Gasteiger partial charge is 0.486 e. The van der Waals surface area contributed by atoms with Crippen molar-refractivity contribution in [2.45, 2.75) is 13.0 Å². The van der Waals surface area contributed by atoms with E-state index in [0.717, 1.165) is 0 Å². The third-order valence-electron chi connectivity index (χ3n) is 6.09. The van der Waals surface area contributed by atoms with Crippen LogP contribution < -0.4 is 19.7 Å². The van der Waals surface area contributed by atoms with E-state index in [1.54, 1.807) is 34.9 Å². The molecule has 3 heterocycles. The summed E-state index contributed by atoms with van der Waals surface area (Å²) in [6.07, 6.45) is 0. The minimum absolute atomic E-state index is 0.209. The number of ether oxygens (including phenoxy) is 3. The van der Waals surface area contributed by atoms with E-state index in [4.69, 9.17) is 26.4 Å². The fraction of sp³-hybridized carbons (Fsp3) is 0.333. The molecule has 5 rings (SSSR count). The predicted molar refractivity (Wildman–Crippen MR) is 125 cm³/mol. The minimum atomic E-state index is -1.09. The highest BCUT2D eigenvalue weighted by molar-refractivity contribution is 7.80. The van der Waals surface area contributed by atoms with Crippen LogP contribution in [0.15, 0.2) is 47.7 Å². The van der Waals surface area contributed by atoms with Gasteiger partial charge in [0, 0.05) is 24.9 Å². The molecule has 0 saturated carbocycles. The molecule has 1 amide bonds. The van der Waals surface area contributed by atoms with E-state index in [-0.39, 0.29) is 22.2 Å². The summed E-state index contributed by atoms with van der Waals surface area (Å²) in [5.74, 6) is -0.668. The molecule has 2 aromatic rings. The van der Waals surface area contributed by atoms with Crippen molar-refractivity contribution >= 4 is 28.9 Å². The van der Waals surface area contributed by atoms with Crippen LogP contribution in [0.2, 0.25) is 0 Å². The Morgan fingerprint density at radius 2 is 1.71 bits per heavy atom. The Kier molecular flexibility index (Phi) is 6.09. The van der Waals surface area contributed by atoms with Gasteiger partial charge in [-0.05, 0) is 43.4 Å². The van der Waals surface area contributed by atoms with Crippen LogP contribution >= 0.6 is 12.2 Å². The van der Waals surface area contributed by atoms with Crippen molar-refractivity contribution in [2.24, 2.45) is 0 Å². The van der Waals surface area contributed by atoms with Crippen LogP contribution in [0.5, 0.6) is 11.5 Å². The molecule has 0 aliphatic carbocycles. The fourth-order valence-corrected chi connectivity index (χ4v) is 4.80. The SMILES string of the molecule is CC1=C(C(=O)N2CCOCC2)[C@@H](c2c(F)cccc2F)NC(=S)N1c1ccc2c(c1)OCCO2. The van der Waals surface area contributed by atoms with Crippen LogP contribution in [0, 0.1) is 11.6 Å². The molecule has 34 heavy (non-hydrogen) atoms. The van der Waals surface area contributed by atoms with Gasteiger partial charge in [-0.2, -0.15) is 0 Å². The number of rotatable bonds is 3. The number of allylic oxidation sites excluding steroid dienone is 1. The first-order chi connectivity index (χ1) is 16.5. The summed E-state index contributed by atoms with van der Waals surface area (Å²) < 4.78 is 46.4.